The van der Waals surface area contributed by atoms with Gasteiger partial charge in [-0.25, -0.2) is 13.4 Å². The molecule has 1 atom stereocenters. The van der Waals surface area contributed by atoms with Crippen LogP contribution < -0.4 is 10.6 Å². The number of aliphatic imine (C=N–C) groups is 1. The number of hydrogen-bond donors (Lipinski definition) is 2. The normalized spacial score (nSPS) is 13.3. The van der Waals surface area contributed by atoms with Gasteiger partial charge >= 0.3 is 0 Å². The molecule has 0 spiro atoms. The molecule has 1 aromatic rings. The van der Waals surface area contributed by atoms with Gasteiger partial charge in [0.15, 0.2) is 5.96 Å². The van der Waals surface area contributed by atoms with Crippen molar-refractivity contribution in [2.75, 3.05) is 18.6 Å². The van der Waals surface area contributed by atoms with Gasteiger partial charge in [0, 0.05) is 28.6 Å². The highest BCUT2D eigenvalue weighted by Crippen LogP contribution is 2.17. The lowest BCUT2D eigenvalue weighted by molar-refractivity contribution is 0.581. The number of hydrogen-bond acceptors (Lipinski definition) is 4. The lowest BCUT2D eigenvalue weighted by Gasteiger charge is -2.17. The van der Waals surface area contributed by atoms with Gasteiger partial charge in [0.25, 0.3) is 0 Å². The average molecular weight is 473 g/mol. The largest absolute Gasteiger partial charge is 0.357 e. The van der Waals surface area contributed by atoms with Crippen LogP contribution in [0.2, 0.25) is 0 Å². The van der Waals surface area contributed by atoms with Crippen molar-refractivity contribution in [2.45, 2.75) is 46.2 Å². The fraction of sp³-hybridized carbons (Fsp3) is 0.667. The second-order valence-corrected chi connectivity index (χ2v) is 8.89. The summed E-state index contributed by atoms with van der Waals surface area (Å²) in [7, 11) is -2.92. The number of halogens is 1. The number of sulfone groups is 1. The summed E-state index contributed by atoms with van der Waals surface area (Å²) in [6, 6.07) is 4.32. The summed E-state index contributed by atoms with van der Waals surface area (Å²) in [5.74, 6) is 0.917. The zero-order valence-corrected chi connectivity index (χ0v) is 18.2. The van der Waals surface area contributed by atoms with Crippen LogP contribution in [0.3, 0.4) is 0 Å². The maximum absolute atomic E-state index is 11.2. The van der Waals surface area contributed by atoms with Crippen molar-refractivity contribution in [1.82, 2.24) is 10.6 Å². The molecular formula is C15H28IN3O2S2. The zero-order chi connectivity index (χ0) is 16.6. The Labute approximate surface area is 161 Å². The van der Waals surface area contributed by atoms with Crippen LogP contribution in [-0.2, 0) is 22.8 Å². The third-order valence-electron chi connectivity index (χ3n) is 3.11. The molecule has 1 aromatic heterocycles. The highest BCUT2D eigenvalue weighted by Gasteiger charge is 2.09. The summed E-state index contributed by atoms with van der Waals surface area (Å²) >= 11 is 1.78. The van der Waals surface area contributed by atoms with Gasteiger partial charge in [-0.2, -0.15) is 0 Å². The number of aryl methyl sites for hydroxylation is 1. The van der Waals surface area contributed by atoms with E-state index in [0.29, 0.717) is 13.0 Å². The van der Waals surface area contributed by atoms with E-state index in [1.54, 1.807) is 11.3 Å². The molecule has 0 aliphatic heterocycles. The lowest BCUT2D eigenvalue weighted by atomic mass is 10.3. The molecule has 0 saturated carbocycles. The predicted octanol–water partition coefficient (Wildman–Crippen LogP) is 2.81. The number of rotatable bonds is 8. The lowest BCUT2D eigenvalue weighted by Crippen LogP contribution is -2.42. The number of nitrogens with zero attached hydrogens (tertiary/aromatic N) is 1. The van der Waals surface area contributed by atoms with Crippen LogP contribution in [0, 0.1) is 0 Å². The molecule has 1 unspecified atom stereocenters. The van der Waals surface area contributed by atoms with E-state index < -0.39 is 9.84 Å². The summed E-state index contributed by atoms with van der Waals surface area (Å²) in [6.07, 6.45) is 2.89. The average Bonchev–Trinajstić information content (AvgIpc) is 2.90. The van der Waals surface area contributed by atoms with Crippen molar-refractivity contribution in [2.24, 2.45) is 4.99 Å². The van der Waals surface area contributed by atoms with Gasteiger partial charge in [-0.1, -0.05) is 6.92 Å². The van der Waals surface area contributed by atoms with E-state index in [1.165, 1.54) is 16.0 Å². The van der Waals surface area contributed by atoms with Crippen molar-refractivity contribution in [1.29, 1.82) is 0 Å². The standard InChI is InChI=1S/C15H27N3O2S2.HI/c1-5-13-7-8-14(21-13)11-17-15(16-6-2)18-12(3)9-10-22(4,19)20;/h7-8,12H,5-6,9-11H2,1-4H3,(H2,16,17,18);1H. The van der Waals surface area contributed by atoms with Crippen molar-refractivity contribution in [3.05, 3.63) is 21.9 Å². The maximum atomic E-state index is 11.2. The summed E-state index contributed by atoms with van der Waals surface area (Å²) < 4.78 is 22.4. The third kappa shape index (κ3) is 10.2. The highest BCUT2D eigenvalue weighted by molar-refractivity contribution is 14.0. The Morgan fingerprint density at radius 3 is 2.48 bits per heavy atom. The second kappa shape index (κ2) is 11.2. The SMILES string of the molecule is CCNC(=NCc1ccc(CC)s1)NC(C)CCS(C)(=O)=O.I. The first kappa shape index (κ1) is 22.6. The molecule has 0 aliphatic rings. The molecule has 5 nitrogen and oxygen atoms in total. The quantitative estimate of drug-likeness (QED) is 0.346. The molecule has 0 saturated heterocycles. The van der Waals surface area contributed by atoms with Gasteiger partial charge in [-0.15, -0.1) is 35.3 Å². The molecule has 0 fully saturated rings. The van der Waals surface area contributed by atoms with Crippen LogP contribution in [0.5, 0.6) is 0 Å². The monoisotopic (exact) mass is 473 g/mol. The molecule has 0 amide bonds. The summed E-state index contributed by atoms with van der Waals surface area (Å²) in [5, 5.41) is 6.46. The van der Waals surface area contributed by atoms with E-state index in [9.17, 15) is 8.42 Å². The number of nitrogens with one attached hydrogen (secondary N) is 2. The van der Waals surface area contributed by atoms with Crippen molar-refractivity contribution in [3.8, 4) is 0 Å². The number of thiophene rings is 1. The zero-order valence-electron chi connectivity index (χ0n) is 14.3. The summed E-state index contributed by atoms with van der Waals surface area (Å²) in [5.41, 5.74) is 0. The van der Waals surface area contributed by atoms with Crippen LogP contribution in [0.15, 0.2) is 17.1 Å². The molecule has 0 radical (unpaired) electrons. The Bertz CT molecular complexity index is 585. The molecular weight excluding hydrogens is 445 g/mol. The van der Waals surface area contributed by atoms with Crippen LogP contribution in [0.4, 0.5) is 0 Å². The first-order valence-corrected chi connectivity index (χ1v) is 10.5. The molecule has 0 aromatic carbocycles. The Kier molecular flexibility index (Phi) is 11.1. The minimum atomic E-state index is -2.92. The van der Waals surface area contributed by atoms with E-state index >= 15 is 0 Å². The highest BCUT2D eigenvalue weighted by atomic mass is 127. The summed E-state index contributed by atoms with van der Waals surface area (Å²) in [6.45, 7) is 7.54. The molecule has 0 bridgehead atoms. The Balaban J connectivity index is 0.00000484. The van der Waals surface area contributed by atoms with Gasteiger partial charge in [-0.05, 0) is 38.8 Å². The van der Waals surface area contributed by atoms with Gasteiger partial charge in [0.05, 0.1) is 12.3 Å². The van der Waals surface area contributed by atoms with Crippen LogP contribution in [-0.4, -0.2) is 39.0 Å². The maximum Gasteiger partial charge on any atom is 0.191 e. The van der Waals surface area contributed by atoms with Crippen molar-refractivity contribution >= 4 is 51.1 Å². The fourth-order valence-corrected chi connectivity index (χ4v) is 3.53. The van der Waals surface area contributed by atoms with E-state index in [4.69, 9.17) is 0 Å². The van der Waals surface area contributed by atoms with E-state index in [-0.39, 0.29) is 35.8 Å². The molecule has 8 heteroatoms. The summed E-state index contributed by atoms with van der Waals surface area (Å²) in [4.78, 5) is 7.17. The predicted molar refractivity (Wildman–Crippen MR) is 111 cm³/mol. The smallest absolute Gasteiger partial charge is 0.191 e. The molecule has 1 rings (SSSR count). The third-order valence-corrected chi connectivity index (χ3v) is 5.30. The Hall–Kier alpha value is -0.350. The fourth-order valence-electron chi connectivity index (χ4n) is 1.87. The first-order valence-electron chi connectivity index (χ1n) is 7.64. The Morgan fingerprint density at radius 1 is 1.30 bits per heavy atom. The molecule has 1 heterocycles. The molecule has 23 heavy (non-hydrogen) atoms. The Morgan fingerprint density at radius 2 is 1.96 bits per heavy atom. The first-order chi connectivity index (χ1) is 10.3. The van der Waals surface area contributed by atoms with Crippen LogP contribution >= 0.6 is 35.3 Å². The van der Waals surface area contributed by atoms with Crippen molar-refractivity contribution in [3.63, 3.8) is 0 Å². The van der Waals surface area contributed by atoms with Gasteiger partial charge in [-0.3, -0.25) is 0 Å². The number of guanidine groups is 1. The second-order valence-electron chi connectivity index (χ2n) is 5.38. The minimum Gasteiger partial charge on any atom is -0.357 e. The van der Waals surface area contributed by atoms with Crippen molar-refractivity contribution < 1.29 is 8.42 Å². The van der Waals surface area contributed by atoms with Gasteiger partial charge in [0.1, 0.15) is 9.84 Å². The van der Waals surface area contributed by atoms with Gasteiger partial charge in [0.2, 0.25) is 0 Å². The van der Waals surface area contributed by atoms with E-state index in [0.717, 1.165) is 18.9 Å². The molecule has 134 valence electrons. The minimum absolute atomic E-state index is 0. The van der Waals surface area contributed by atoms with Crippen LogP contribution in [0.25, 0.3) is 0 Å². The topological polar surface area (TPSA) is 70.6 Å². The van der Waals surface area contributed by atoms with Crippen LogP contribution in [0.1, 0.15) is 36.9 Å². The van der Waals surface area contributed by atoms with E-state index in [1.807, 2.05) is 13.8 Å². The molecule has 0 aliphatic carbocycles. The van der Waals surface area contributed by atoms with E-state index in [2.05, 4.69) is 34.7 Å². The van der Waals surface area contributed by atoms with Gasteiger partial charge < -0.3 is 10.6 Å². The molecule has 2 N–H and O–H groups in total.